The lowest BCUT2D eigenvalue weighted by atomic mass is 10.2. The van der Waals surface area contributed by atoms with E-state index in [1.807, 2.05) is 0 Å². The van der Waals surface area contributed by atoms with E-state index in [1.54, 1.807) is 26.8 Å². The minimum absolute atomic E-state index is 0.128. The first kappa shape index (κ1) is 22.7. The van der Waals surface area contributed by atoms with Gasteiger partial charge in [0.1, 0.15) is 38.9 Å². The molecule has 0 aliphatic rings. The Morgan fingerprint density at radius 2 is 1.80 bits per heavy atom. The first-order valence-corrected chi connectivity index (χ1v) is 13.0. The van der Waals surface area contributed by atoms with Gasteiger partial charge in [0, 0.05) is 0 Å². The van der Waals surface area contributed by atoms with Crippen LogP contribution in [0.1, 0.15) is 47.2 Å². The molecule has 1 atom stereocenters. The lowest BCUT2D eigenvalue weighted by Gasteiger charge is -2.29. The lowest BCUT2D eigenvalue weighted by molar-refractivity contribution is 0.557. The zero-order chi connectivity index (χ0) is 19.4. The van der Waals surface area contributed by atoms with Crippen LogP contribution in [0.2, 0.25) is 18.1 Å². The number of nitrogens with zero attached hydrogens (tertiary/aromatic N) is 2. The summed E-state index contributed by atoms with van der Waals surface area (Å²) in [4.78, 5) is 4.11. The predicted molar refractivity (Wildman–Crippen MR) is 109 cm³/mol. The van der Waals surface area contributed by atoms with Crippen LogP contribution < -0.4 is 5.19 Å². The zero-order valence-corrected chi connectivity index (χ0v) is 19.2. The highest BCUT2D eigenvalue weighted by atomic mass is 79.9. The molecule has 0 saturated heterocycles. The van der Waals surface area contributed by atoms with Crippen LogP contribution in [0.15, 0.2) is 15.1 Å². The Hall–Kier alpha value is -0.313. The third-order valence-corrected chi connectivity index (χ3v) is 12.1. The number of alkyl halides is 1. The SMILES string of the molecule is CC[Si](CC)(CC)c1cc(Br)nc(/C(CF)=N\[S+]([O-])C(C)(C)C)c1F. The summed E-state index contributed by atoms with van der Waals surface area (Å²) < 4.78 is 44.9. The molecule has 0 spiro atoms. The highest BCUT2D eigenvalue weighted by Gasteiger charge is 2.35. The van der Waals surface area contributed by atoms with Crippen molar-refractivity contribution in [1.82, 2.24) is 4.98 Å². The van der Waals surface area contributed by atoms with Crippen molar-refractivity contribution >= 4 is 46.3 Å². The summed E-state index contributed by atoms with van der Waals surface area (Å²) in [5, 5.41) is 0.638. The molecule has 25 heavy (non-hydrogen) atoms. The Bertz CT molecular complexity index is 626. The predicted octanol–water partition coefficient (Wildman–Crippen LogP) is 4.92. The molecule has 0 fully saturated rings. The summed E-state index contributed by atoms with van der Waals surface area (Å²) in [7, 11) is -2.03. The quantitative estimate of drug-likeness (QED) is 0.255. The van der Waals surface area contributed by atoms with Crippen molar-refractivity contribution in [1.29, 1.82) is 0 Å². The van der Waals surface area contributed by atoms with E-state index in [0.717, 1.165) is 18.1 Å². The van der Waals surface area contributed by atoms with E-state index >= 15 is 4.39 Å². The minimum atomic E-state index is -2.03. The van der Waals surface area contributed by atoms with Gasteiger partial charge in [-0.3, -0.25) is 0 Å². The van der Waals surface area contributed by atoms with Crippen molar-refractivity contribution in [2.24, 2.45) is 4.40 Å². The van der Waals surface area contributed by atoms with E-state index in [1.165, 1.54) is 0 Å². The fourth-order valence-electron chi connectivity index (χ4n) is 2.76. The molecule has 1 heterocycles. The molecule has 142 valence electrons. The van der Waals surface area contributed by atoms with Gasteiger partial charge in [-0.1, -0.05) is 43.3 Å². The van der Waals surface area contributed by atoms with E-state index < -0.39 is 36.7 Å². The first-order chi connectivity index (χ1) is 11.6. The van der Waals surface area contributed by atoms with Crippen LogP contribution in [0.25, 0.3) is 0 Å². The van der Waals surface area contributed by atoms with Crippen molar-refractivity contribution in [3.8, 4) is 0 Å². The van der Waals surface area contributed by atoms with Crippen LogP contribution >= 0.6 is 15.9 Å². The van der Waals surface area contributed by atoms with Crippen LogP contribution in [-0.2, 0) is 11.4 Å². The monoisotopic (exact) mass is 452 g/mol. The summed E-state index contributed by atoms with van der Waals surface area (Å²) in [6.07, 6.45) is 0. The normalized spacial score (nSPS) is 14.7. The smallest absolute Gasteiger partial charge is 0.151 e. The van der Waals surface area contributed by atoms with Gasteiger partial charge in [-0.25, -0.2) is 13.8 Å². The van der Waals surface area contributed by atoms with Gasteiger partial charge in [0.15, 0.2) is 5.71 Å². The Morgan fingerprint density at radius 1 is 1.28 bits per heavy atom. The second kappa shape index (κ2) is 9.06. The van der Waals surface area contributed by atoms with Gasteiger partial charge >= 0.3 is 0 Å². The number of halogens is 3. The number of rotatable bonds is 7. The maximum Gasteiger partial charge on any atom is 0.151 e. The molecular formula is C17H27BrF2N2OSSi. The van der Waals surface area contributed by atoms with Crippen LogP contribution in [0, 0.1) is 5.82 Å². The third-order valence-electron chi connectivity index (χ3n) is 4.64. The topological polar surface area (TPSA) is 48.3 Å². The maximum absolute atomic E-state index is 15.3. The minimum Gasteiger partial charge on any atom is -0.591 e. The van der Waals surface area contributed by atoms with E-state index in [2.05, 4.69) is 46.1 Å². The summed E-state index contributed by atoms with van der Waals surface area (Å²) in [6, 6.07) is 4.40. The summed E-state index contributed by atoms with van der Waals surface area (Å²) >= 11 is 1.64. The molecule has 1 rings (SSSR count). The van der Waals surface area contributed by atoms with Crippen molar-refractivity contribution < 1.29 is 13.3 Å². The molecule has 0 aliphatic heterocycles. The second-order valence-corrected chi connectivity index (χ2v) is 15.0. The fourth-order valence-corrected chi connectivity index (χ4v) is 7.66. The van der Waals surface area contributed by atoms with Crippen molar-refractivity contribution in [2.45, 2.75) is 64.4 Å². The van der Waals surface area contributed by atoms with Crippen LogP contribution in [0.4, 0.5) is 8.78 Å². The van der Waals surface area contributed by atoms with E-state index in [-0.39, 0.29) is 11.4 Å². The molecule has 1 aromatic rings. The Kier molecular flexibility index (Phi) is 8.23. The lowest BCUT2D eigenvalue weighted by Crippen LogP contribution is -2.48. The number of hydrogen-bond donors (Lipinski definition) is 0. The molecule has 0 aliphatic carbocycles. The highest BCUT2D eigenvalue weighted by Crippen LogP contribution is 2.25. The van der Waals surface area contributed by atoms with Crippen molar-refractivity contribution in [3.05, 3.63) is 22.2 Å². The average Bonchev–Trinajstić information content (AvgIpc) is 2.56. The molecule has 0 saturated carbocycles. The number of pyridine rings is 1. The molecule has 0 amide bonds. The van der Waals surface area contributed by atoms with Crippen LogP contribution in [-0.4, -0.2) is 34.7 Å². The van der Waals surface area contributed by atoms with Gasteiger partial charge in [-0.15, -0.1) is 0 Å². The third kappa shape index (κ3) is 5.11. The molecule has 3 nitrogen and oxygen atoms in total. The Labute approximate surface area is 162 Å². The van der Waals surface area contributed by atoms with Gasteiger partial charge in [-0.2, -0.15) is 0 Å². The summed E-state index contributed by atoms with van der Waals surface area (Å²) in [6.45, 7) is 10.4. The largest absolute Gasteiger partial charge is 0.591 e. The van der Waals surface area contributed by atoms with Gasteiger partial charge in [0.05, 0.1) is 8.07 Å². The molecule has 8 heteroatoms. The maximum atomic E-state index is 15.3. The van der Waals surface area contributed by atoms with Crippen molar-refractivity contribution in [2.75, 3.05) is 6.67 Å². The average molecular weight is 453 g/mol. The van der Waals surface area contributed by atoms with E-state index in [0.29, 0.717) is 9.79 Å². The zero-order valence-electron chi connectivity index (χ0n) is 15.8. The van der Waals surface area contributed by atoms with Gasteiger partial charge in [0.25, 0.3) is 0 Å². The second-order valence-electron chi connectivity index (χ2n) is 7.03. The van der Waals surface area contributed by atoms with Crippen LogP contribution in [0.5, 0.6) is 0 Å². The van der Waals surface area contributed by atoms with Gasteiger partial charge in [-0.05, 0) is 48.0 Å². The molecule has 0 bridgehead atoms. The summed E-state index contributed by atoms with van der Waals surface area (Å²) in [5.74, 6) is -0.511. The van der Waals surface area contributed by atoms with Gasteiger partial charge in [0.2, 0.25) is 0 Å². The molecule has 0 aromatic carbocycles. The molecule has 0 radical (unpaired) electrons. The van der Waals surface area contributed by atoms with E-state index in [9.17, 15) is 8.94 Å². The Morgan fingerprint density at radius 3 is 2.20 bits per heavy atom. The number of aromatic nitrogens is 1. The molecule has 1 aromatic heterocycles. The standard InChI is InChI=1S/C17H27BrF2N2OSSi/c1-7-25(8-2,9-3)13-10-14(18)21-16(15(13)20)12(11-19)22-24(23)17(4,5)6/h10H,7-9,11H2,1-6H3/b22-12-. The molecule has 0 N–H and O–H groups in total. The number of hydrogen-bond acceptors (Lipinski definition) is 3. The van der Waals surface area contributed by atoms with Crippen molar-refractivity contribution in [3.63, 3.8) is 0 Å². The fraction of sp³-hybridized carbons (Fsp3) is 0.647. The van der Waals surface area contributed by atoms with Gasteiger partial charge < -0.3 is 4.55 Å². The molecular weight excluding hydrogens is 426 g/mol. The first-order valence-electron chi connectivity index (χ1n) is 8.48. The van der Waals surface area contributed by atoms with Crippen LogP contribution in [0.3, 0.4) is 0 Å². The molecule has 1 unspecified atom stereocenters. The highest BCUT2D eigenvalue weighted by molar-refractivity contribution is 9.10. The Balaban J connectivity index is 3.59. The van der Waals surface area contributed by atoms with E-state index in [4.69, 9.17) is 0 Å². The summed E-state index contributed by atoms with van der Waals surface area (Å²) in [5.41, 5.74) is -0.323.